The summed E-state index contributed by atoms with van der Waals surface area (Å²) in [5, 5.41) is 1.14. The van der Waals surface area contributed by atoms with E-state index in [1.54, 1.807) is 17.0 Å². The predicted octanol–water partition coefficient (Wildman–Crippen LogP) is 2.09. The van der Waals surface area contributed by atoms with Gasteiger partial charge in [-0.2, -0.15) is 4.31 Å². The van der Waals surface area contributed by atoms with E-state index in [2.05, 4.69) is 0 Å². The number of carbonyl (C=O) groups excluding carboxylic acids is 1. The highest BCUT2D eigenvalue weighted by Gasteiger charge is 2.27. The fourth-order valence-corrected chi connectivity index (χ4v) is 4.19. The van der Waals surface area contributed by atoms with Gasteiger partial charge >= 0.3 is 0 Å². The number of halogens is 2. The van der Waals surface area contributed by atoms with Gasteiger partial charge in [0.25, 0.3) is 0 Å². The summed E-state index contributed by atoms with van der Waals surface area (Å²) < 4.78 is 24.5. The van der Waals surface area contributed by atoms with Crippen molar-refractivity contribution >= 4 is 39.1 Å². The van der Waals surface area contributed by atoms with Crippen molar-refractivity contribution in [3.8, 4) is 0 Å². The third-order valence-corrected chi connectivity index (χ3v) is 6.38. The normalized spacial score (nSPS) is 17.8. The molecule has 0 spiro atoms. The zero-order chi connectivity index (χ0) is 18.8. The first-order valence-corrected chi connectivity index (χ1v) is 10.6. The second kappa shape index (κ2) is 8.22. The third kappa shape index (κ3) is 5.31. The molecule has 1 aromatic carbocycles. The van der Waals surface area contributed by atoms with E-state index in [0.717, 1.165) is 5.56 Å². The minimum Gasteiger partial charge on any atom is -0.339 e. The molecule has 1 aliphatic heterocycles. The lowest BCUT2D eigenvalue weighted by molar-refractivity contribution is -0.133. The van der Waals surface area contributed by atoms with Crippen molar-refractivity contribution in [1.82, 2.24) is 14.1 Å². The summed E-state index contributed by atoms with van der Waals surface area (Å²) >= 11 is 12.2. The number of nitrogens with zero attached hydrogens (tertiary/aromatic N) is 3. The van der Waals surface area contributed by atoms with Crippen molar-refractivity contribution in [2.24, 2.45) is 0 Å². The number of benzene rings is 1. The molecule has 0 N–H and O–H groups in total. The molecule has 25 heavy (non-hydrogen) atoms. The van der Waals surface area contributed by atoms with E-state index in [0.29, 0.717) is 36.2 Å². The van der Waals surface area contributed by atoms with Crippen LogP contribution in [0.3, 0.4) is 0 Å². The van der Waals surface area contributed by atoms with Crippen molar-refractivity contribution in [2.75, 3.05) is 46.0 Å². The molecule has 1 fully saturated rings. The fourth-order valence-electron chi connectivity index (χ4n) is 2.80. The van der Waals surface area contributed by atoms with E-state index in [1.807, 2.05) is 24.9 Å². The first kappa shape index (κ1) is 20.5. The molecule has 0 bridgehead atoms. The molecule has 6 nitrogen and oxygen atoms in total. The Bertz CT molecular complexity index is 734. The van der Waals surface area contributed by atoms with Gasteiger partial charge in [0, 0.05) is 42.3 Å². The largest absolute Gasteiger partial charge is 0.339 e. The third-order valence-electron chi connectivity index (χ3n) is 4.52. The monoisotopic (exact) mass is 407 g/mol. The summed E-state index contributed by atoms with van der Waals surface area (Å²) in [6, 6.07) is 5.28. The van der Waals surface area contributed by atoms with Gasteiger partial charge in [0.05, 0.1) is 12.8 Å². The van der Waals surface area contributed by atoms with Crippen LogP contribution in [-0.2, 0) is 14.8 Å². The van der Waals surface area contributed by atoms with E-state index >= 15 is 0 Å². The topological polar surface area (TPSA) is 60.9 Å². The minimum atomic E-state index is -3.20. The van der Waals surface area contributed by atoms with Crippen molar-refractivity contribution in [3.63, 3.8) is 0 Å². The molecule has 0 saturated carbocycles. The lowest BCUT2D eigenvalue weighted by Gasteiger charge is -2.35. The number of hydrogen-bond acceptors (Lipinski definition) is 4. The molecular weight excluding hydrogens is 385 g/mol. The van der Waals surface area contributed by atoms with Gasteiger partial charge in [0.1, 0.15) is 0 Å². The van der Waals surface area contributed by atoms with E-state index in [1.165, 1.54) is 10.6 Å². The van der Waals surface area contributed by atoms with Crippen LogP contribution in [-0.4, -0.2) is 74.5 Å². The Balaban J connectivity index is 1.94. The molecule has 0 radical (unpaired) electrons. The molecule has 140 valence electrons. The fraction of sp³-hybridized carbons (Fsp3) is 0.562. The van der Waals surface area contributed by atoms with Gasteiger partial charge in [-0.15, -0.1) is 0 Å². The Kier molecular flexibility index (Phi) is 6.73. The van der Waals surface area contributed by atoms with Crippen LogP contribution in [0, 0.1) is 0 Å². The number of amides is 1. The smallest absolute Gasteiger partial charge is 0.236 e. The lowest BCUT2D eigenvalue weighted by atomic mass is 10.1. The molecule has 1 aromatic rings. The average Bonchev–Trinajstić information content (AvgIpc) is 2.53. The van der Waals surface area contributed by atoms with E-state index < -0.39 is 10.0 Å². The number of piperazine rings is 1. The van der Waals surface area contributed by atoms with Crippen molar-refractivity contribution in [1.29, 1.82) is 0 Å². The Morgan fingerprint density at radius 3 is 2.36 bits per heavy atom. The highest BCUT2D eigenvalue weighted by atomic mass is 35.5. The first-order valence-electron chi connectivity index (χ1n) is 7.97. The molecular formula is C16H23Cl2N3O3S. The van der Waals surface area contributed by atoms with E-state index in [9.17, 15) is 13.2 Å². The Labute approximate surface area is 159 Å². The maximum Gasteiger partial charge on any atom is 0.236 e. The molecule has 0 aliphatic carbocycles. The lowest BCUT2D eigenvalue weighted by Crippen LogP contribution is -2.52. The summed E-state index contributed by atoms with van der Waals surface area (Å²) in [5.74, 6) is -0.0208. The maximum atomic E-state index is 12.5. The Morgan fingerprint density at radius 2 is 1.84 bits per heavy atom. The molecule has 1 aliphatic rings. The number of carbonyl (C=O) groups is 1. The van der Waals surface area contributed by atoms with Crippen LogP contribution < -0.4 is 0 Å². The van der Waals surface area contributed by atoms with Crippen molar-refractivity contribution in [3.05, 3.63) is 33.8 Å². The summed E-state index contributed by atoms with van der Waals surface area (Å²) in [6.45, 7) is 3.72. The van der Waals surface area contributed by atoms with Gasteiger partial charge < -0.3 is 4.90 Å². The highest BCUT2D eigenvalue weighted by Crippen LogP contribution is 2.29. The van der Waals surface area contributed by atoms with Crippen LogP contribution in [0.4, 0.5) is 0 Å². The minimum absolute atomic E-state index is 0.0208. The van der Waals surface area contributed by atoms with Gasteiger partial charge in [-0.3, -0.25) is 9.69 Å². The van der Waals surface area contributed by atoms with Crippen LogP contribution in [0.2, 0.25) is 10.0 Å². The predicted molar refractivity (Wildman–Crippen MR) is 101 cm³/mol. The van der Waals surface area contributed by atoms with Crippen LogP contribution in [0.15, 0.2) is 18.2 Å². The van der Waals surface area contributed by atoms with Crippen LogP contribution in [0.1, 0.15) is 18.5 Å². The molecule has 1 heterocycles. The first-order chi connectivity index (χ1) is 11.6. The second-order valence-corrected chi connectivity index (χ2v) is 9.13. The molecule has 9 heteroatoms. The SMILES string of the molecule is CC(c1ccc(Cl)cc1Cl)N(C)CC(=O)N1CCN(S(C)(=O)=O)CC1. The van der Waals surface area contributed by atoms with E-state index in [4.69, 9.17) is 23.2 Å². The molecule has 1 atom stereocenters. The van der Waals surface area contributed by atoms with Crippen LogP contribution >= 0.6 is 23.2 Å². The molecule has 1 unspecified atom stereocenters. The molecule has 0 aromatic heterocycles. The van der Waals surface area contributed by atoms with Gasteiger partial charge in [0.2, 0.25) is 15.9 Å². The average molecular weight is 408 g/mol. The number of likely N-dealkylation sites (N-methyl/N-ethyl adjacent to an activating group) is 1. The summed E-state index contributed by atoms with van der Waals surface area (Å²) in [7, 11) is -1.33. The maximum absolute atomic E-state index is 12.5. The molecule has 1 saturated heterocycles. The summed E-state index contributed by atoms with van der Waals surface area (Å²) in [4.78, 5) is 16.1. The number of hydrogen-bond donors (Lipinski definition) is 0. The second-order valence-electron chi connectivity index (χ2n) is 6.30. The zero-order valence-electron chi connectivity index (χ0n) is 14.6. The van der Waals surface area contributed by atoms with E-state index in [-0.39, 0.29) is 18.5 Å². The zero-order valence-corrected chi connectivity index (χ0v) is 16.9. The standard InChI is InChI=1S/C16H23Cl2N3O3S/c1-12(14-5-4-13(17)10-15(14)18)19(2)11-16(22)20-6-8-21(9-7-20)25(3,23)24/h4-5,10,12H,6-9,11H2,1-3H3. The van der Waals surface area contributed by atoms with Crippen LogP contribution in [0.5, 0.6) is 0 Å². The summed E-state index contributed by atoms with van der Waals surface area (Å²) in [5.41, 5.74) is 0.906. The Hall–Kier alpha value is -0.860. The quantitative estimate of drug-likeness (QED) is 0.749. The number of sulfonamides is 1. The molecule has 1 amide bonds. The van der Waals surface area contributed by atoms with Gasteiger partial charge in [-0.25, -0.2) is 8.42 Å². The summed E-state index contributed by atoms with van der Waals surface area (Å²) in [6.07, 6.45) is 1.19. The van der Waals surface area contributed by atoms with Gasteiger partial charge in [0.15, 0.2) is 0 Å². The van der Waals surface area contributed by atoms with Crippen molar-refractivity contribution < 1.29 is 13.2 Å². The van der Waals surface area contributed by atoms with Gasteiger partial charge in [-0.1, -0.05) is 29.3 Å². The van der Waals surface area contributed by atoms with Gasteiger partial charge in [-0.05, 0) is 31.7 Å². The number of rotatable bonds is 5. The van der Waals surface area contributed by atoms with Crippen LogP contribution in [0.25, 0.3) is 0 Å². The highest BCUT2D eigenvalue weighted by molar-refractivity contribution is 7.88. The Morgan fingerprint density at radius 1 is 1.24 bits per heavy atom. The van der Waals surface area contributed by atoms with Crippen molar-refractivity contribution in [2.45, 2.75) is 13.0 Å². The molecule has 2 rings (SSSR count).